The summed E-state index contributed by atoms with van der Waals surface area (Å²) in [6.07, 6.45) is 3.94. The van der Waals surface area contributed by atoms with E-state index in [4.69, 9.17) is 6.42 Å². The van der Waals surface area contributed by atoms with Crippen LogP contribution in [0.15, 0.2) is 0 Å². The van der Waals surface area contributed by atoms with Crippen LogP contribution in [0.1, 0.15) is 0 Å². The lowest BCUT2D eigenvalue weighted by atomic mass is 10.4. The van der Waals surface area contributed by atoms with E-state index in [-0.39, 0.29) is 12.4 Å². The monoisotopic (exact) mass is 190 g/mol. The maximum absolute atomic E-state index is 10.6. The van der Waals surface area contributed by atoms with Gasteiger partial charge in [-0.15, -0.1) is 6.42 Å². The van der Waals surface area contributed by atoms with Crippen molar-refractivity contribution in [3.63, 3.8) is 0 Å². The predicted molar refractivity (Wildman–Crippen MR) is 38.5 cm³/mol. The quantitative estimate of drug-likeness (QED) is 0.227. The van der Waals surface area contributed by atoms with Gasteiger partial charge in [0.05, 0.1) is 0 Å². The van der Waals surface area contributed by atoms with Gasteiger partial charge < -0.3 is 4.74 Å². The van der Waals surface area contributed by atoms with E-state index in [0.29, 0.717) is 0 Å². The van der Waals surface area contributed by atoms with E-state index in [9.17, 15) is 13.2 Å². The Kier molecular flexibility index (Phi) is 2.35. The van der Waals surface area contributed by atoms with Gasteiger partial charge in [-0.05, 0) is 0 Å². The van der Waals surface area contributed by atoms with Crippen LogP contribution >= 0.6 is 0 Å². The summed E-state index contributed by atoms with van der Waals surface area (Å²) in [6.45, 7) is -0.143. The zero-order valence-corrected chi connectivity index (χ0v) is 6.83. The fraction of sp³-hybridized carbons (Fsp3) is 0.500. The van der Waals surface area contributed by atoms with Crippen LogP contribution in [0.4, 0.5) is 0 Å². The summed E-state index contributed by atoms with van der Waals surface area (Å²) in [5.74, 6) is 0.514. The molecule has 0 bridgehead atoms. The number of terminal acetylenes is 1. The molecule has 0 aromatic heterocycles. The number of rotatable bonds is 1. The van der Waals surface area contributed by atoms with Crippen LogP contribution in [-0.4, -0.2) is 32.9 Å². The van der Waals surface area contributed by atoms with E-state index >= 15 is 0 Å². The van der Waals surface area contributed by atoms with Gasteiger partial charge in [0, 0.05) is 5.92 Å². The summed E-state index contributed by atoms with van der Waals surface area (Å²) in [4.78, 5) is 10.5. The lowest BCUT2D eigenvalue weighted by molar-refractivity contribution is -0.141. The van der Waals surface area contributed by atoms with Crippen molar-refractivity contribution in [3.05, 3.63) is 0 Å². The first-order valence-electron chi connectivity index (χ1n) is 3.08. The molecule has 1 unspecified atom stereocenters. The van der Waals surface area contributed by atoms with Crippen LogP contribution in [0.3, 0.4) is 0 Å². The molecule has 6 heteroatoms. The fourth-order valence-electron chi connectivity index (χ4n) is 0.757. The normalized spacial score (nSPS) is 26.1. The third-order valence-electron chi connectivity index (χ3n) is 1.22. The van der Waals surface area contributed by atoms with Gasteiger partial charge in [0.2, 0.25) is 0 Å². The zero-order valence-electron chi connectivity index (χ0n) is 6.02. The minimum atomic E-state index is -3.50. The number of esters is 1. The van der Waals surface area contributed by atoms with E-state index in [2.05, 4.69) is 8.92 Å². The highest BCUT2D eigenvalue weighted by molar-refractivity contribution is 7.87. The standard InChI is InChI=1S/C6H6O5S/c1-2-6(7)11-5-3-10-12(8,9)4-5/h1,5H,3-4H2. The maximum atomic E-state index is 10.6. The molecule has 1 fully saturated rings. The van der Waals surface area contributed by atoms with Gasteiger partial charge in [0.15, 0.2) is 0 Å². The third kappa shape index (κ3) is 2.22. The first-order valence-corrected chi connectivity index (χ1v) is 4.65. The Morgan fingerprint density at radius 3 is 2.75 bits per heavy atom. The van der Waals surface area contributed by atoms with Crippen molar-refractivity contribution in [1.29, 1.82) is 0 Å². The van der Waals surface area contributed by atoms with Gasteiger partial charge in [0.1, 0.15) is 18.5 Å². The van der Waals surface area contributed by atoms with Gasteiger partial charge in [0.25, 0.3) is 10.1 Å². The molecule has 0 radical (unpaired) electrons. The van der Waals surface area contributed by atoms with Crippen molar-refractivity contribution in [2.75, 3.05) is 12.4 Å². The summed E-state index contributed by atoms with van der Waals surface area (Å²) in [6, 6.07) is 0. The Bertz CT molecular complexity index is 322. The fourth-order valence-corrected chi connectivity index (χ4v) is 1.83. The Hall–Kier alpha value is -1.06. The van der Waals surface area contributed by atoms with Crippen molar-refractivity contribution in [2.45, 2.75) is 6.10 Å². The molecule has 0 saturated carbocycles. The van der Waals surface area contributed by atoms with Crippen molar-refractivity contribution in [3.8, 4) is 12.3 Å². The molecular formula is C6H6O5S. The largest absolute Gasteiger partial charge is 0.449 e. The minimum absolute atomic E-state index is 0.143. The summed E-state index contributed by atoms with van der Waals surface area (Å²) < 4.78 is 30.1. The molecule has 0 spiro atoms. The smallest absolute Gasteiger partial charge is 0.384 e. The summed E-state index contributed by atoms with van der Waals surface area (Å²) >= 11 is 0. The molecule has 12 heavy (non-hydrogen) atoms. The van der Waals surface area contributed by atoms with Gasteiger partial charge in [-0.1, -0.05) is 0 Å². The van der Waals surface area contributed by atoms with Crippen LogP contribution in [0.5, 0.6) is 0 Å². The second kappa shape index (κ2) is 3.13. The molecule has 0 N–H and O–H groups in total. The Balaban J connectivity index is 2.50. The van der Waals surface area contributed by atoms with E-state index in [1.54, 1.807) is 5.92 Å². The number of hydrogen-bond donors (Lipinski definition) is 0. The second-order valence-electron chi connectivity index (χ2n) is 2.18. The van der Waals surface area contributed by atoms with Crippen LogP contribution < -0.4 is 0 Å². The topological polar surface area (TPSA) is 69.7 Å². The van der Waals surface area contributed by atoms with Crippen molar-refractivity contribution in [1.82, 2.24) is 0 Å². The highest BCUT2D eigenvalue weighted by Gasteiger charge is 2.31. The van der Waals surface area contributed by atoms with Crippen LogP contribution in [-0.2, 0) is 23.8 Å². The average molecular weight is 190 g/mol. The lowest BCUT2D eigenvalue weighted by Gasteiger charge is -2.03. The van der Waals surface area contributed by atoms with Crippen molar-refractivity contribution < 1.29 is 22.1 Å². The molecule has 0 amide bonds. The predicted octanol–water partition coefficient (Wildman–Crippen LogP) is -1.11. The van der Waals surface area contributed by atoms with Crippen LogP contribution in [0.2, 0.25) is 0 Å². The first kappa shape index (κ1) is 9.03. The van der Waals surface area contributed by atoms with E-state index in [1.807, 2.05) is 0 Å². The number of carbonyl (C=O) groups is 1. The summed E-state index contributed by atoms with van der Waals surface area (Å²) in [5.41, 5.74) is 0. The molecule has 0 aliphatic carbocycles. The van der Waals surface area contributed by atoms with E-state index < -0.39 is 22.2 Å². The Morgan fingerprint density at radius 1 is 1.67 bits per heavy atom. The molecule has 1 saturated heterocycles. The molecule has 66 valence electrons. The SMILES string of the molecule is C#CC(=O)OC1COS(=O)(=O)C1. The van der Waals surface area contributed by atoms with Gasteiger partial charge in [-0.2, -0.15) is 8.42 Å². The highest BCUT2D eigenvalue weighted by Crippen LogP contribution is 2.11. The molecule has 1 atom stereocenters. The molecule has 1 aliphatic heterocycles. The highest BCUT2D eigenvalue weighted by atomic mass is 32.2. The molecular weight excluding hydrogens is 184 g/mol. The Morgan fingerprint density at radius 2 is 2.33 bits per heavy atom. The number of hydrogen-bond acceptors (Lipinski definition) is 5. The van der Waals surface area contributed by atoms with Crippen LogP contribution in [0, 0.1) is 12.3 Å². The van der Waals surface area contributed by atoms with Crippen molar-refractivity contribution >= 4 is 16.1 Å². The first-order chi connectivity index (χ1) is 5.53. The van der Waals surface area contributed by atoms with Gasteiger partial charge in [-0.25, -0.2) is 4.79 Å². The maximum Gasteiger partial charge on any atom is 0.384 e. The van der Waals surface area contributed by atoms with Gasteiger partial charge >= 0.3 is 5.97 Å². The Labute approximate surface area is 69.8 Å². The van der Waals surface area contributed by atoms with E-state index in [0.717, 1.165) is 0 Å². The molecule has 5 nitrogen and oxygen atoms in total. The molecule has 0 aromatic rings. The third-order valence-corrected chi connectivity index (χ3v) is 2.49. The van der Waals surface area contributed by atoms with Gasteiger partial charge in [-0.3, -0.25) is 4.18 Å². The number of ether oxygens (including phenoxy) is 1. The van der Waals surface area contributed by atoms with Crippen LogP contribution in [0.25, 0.3) is 0 Å². The minimum Gasteiger partial charge on any atom is -0.449 e. The summed E-state index contributed by atoms with van der Waals surface area (Å²) in [7, 11) is -3.50. The second-order valence-corrected chi connectivity index (χ2v) is 3.86. The molecule has 0 aromatic carbocycles. The van der Waals surface area contributed by atoms with E-state index in [1.165, 1.54) is 0 Å². The zero-order chi connectivity index (χ0) is 9.19. The summed E-state index contributed by atoms with van der Waals surface area (Å²) in [5, 5.41) is 0. The average Bonchev–Trinajstić information content (AvgIpc) is 2.30. The number of carbonyl (C=O) groups excluding carboxylic acids is 1. The lowest BCUT2D eigenvalue weighted by Crippen LogP contribution is -2.20. The molecule has 1 heterocycles. The molecule has 1 aliphatic rings. The molecule has 1 rings (SSSR count). The van der Waals surface area contributed by atoms with Crippen molar-refractivity contribution in [2.24, 2.45) is 0 Å².